The summed E-state index contributed by atoms with van der Waals surface area (Å²) in [6.45, 7) is 0. The second kappa shape index (κ2) is 8.00. The summed E-state index contributed by atoms with van der Waals surface area (Å²) in [6.07, 6.45) is -1.30. The van der Waals surface area contributed by atoms with Crippen molar-refractivity contribution in [3.05, 3.63) is 99.6 Å². The van der Waals surface area contributed by atoms with Crippen molar-refractivity contribution in [2.24, 2.45) is 0 Å². The summed E-state index contributed by atoms with van der Waals surface area (Å²) >= 11 is 6.20. The molecule has 1 aliphatic carbocycles. The molecule has 0 heterocycles. The fraction of sp³-hybridized carbons (Fsp3) is 0.125. The lowest BCUT2D eigenvalue weighted by molar-refractivity contribution is -0.167. The topological polar surface area (TPSA) is 29.1 Å². The summed E-state index contributed by atoms with van der Waals surface area (Å²) in [5.41, 5.74) is 6.16. The molecule has 0 saturated heterocycles. The lowest BCUT2D eigenvalue weighted by Gasteiger charge is -2.13. The van der Waals surface area contributed by atoms with Gasteiger partial charge in [0.1, 0.15) is 0 Å². The van der Waals surface area contributed by atoms with Crippen LogP contribution in [0.25, 0.3) is 11.6 Å². The van der Waals surface area contributed by atoms with Gasteiger partial charge in [-0.3, -0.25) is 4.79 Å². The summed E-state index contributed by atoms with van der Waals surface area (Å²) < 4.78 is 37.7. The van der Waals surface area contributed by atoms with Gasteiger partial charge in [0, 0.05) is 10.7 Å². The summed E-state index contributed by atoms with van der Waals surface area (Å²) in [5, 5.41) is 2.57. The summed E-state index contributed by atoms with van der Waals surface area (Å²) in [5.74, 6) is -1.99. The molecule has 4 rings (SSSR count). The van der Waals surface area contributed by atoms with E-state index >= 15 is 0 Å². The summed E-state index contributed by atoms with van der Waals surface area (Å²) in [4.78, 5) is 11.3. The van der Waals surface area contributed by atoms with E-state index in [4.69, 9.17) is 11.6 Å². The third-order valence-corrected chi connectivity index (χ3v) is 5.28. The van der Waals surface area contributed by atoms with Crippen LogP contribution in [0.2, 0.25) is 5.02 Å². The van der Waals surface area contributed by atoms with Gasteiger partial charge in [0.2, 0.25) is 0 Å². The average Bonchev–Trinajstić information content (AvgIpc) is 2.85. The lowest BCUT2D eigenvalue weighted by atomic mass is 9.92. The van der Waals surface area contributed by atoms with Crippen molar-refractivity contribution in [1.82, 2.24) is 0 Å². The van der Waals surface area contributed by atoms with E-state index in [1.165, 1.54) is 17.7 Å². The Bertz CT molecular complexity index is 1150. The van der Waals surface area contributed by atoms with Gasteiger partial charge in [0.15, 0.2) is 0 Å². The highest BCUT2D eigenvalue weighted by molar-refractivity contribution is 6.30. The summed E-state index contributed by atoms with van der Waals surface area (Å²) in [7, 11) is 0. The Kier molecular flexibility index (Phi) is 5.39. The Balaban J connectivity index is 1.80. The first-order valence-electron chi connectivity index (χ1n) is 9.38. The molecule has 0 aromatic heterocycles. The molecule has 0 saturated carbocycles. The predicted molar refractivity (Wildman–Crippen MR) is 113 cm³/mol. The maximum atomic E-state index is 12.6. The molecule has 0 aliphatic heterocycles. The van der Waals surface area contributed by atoms with Crippen LogP contribution in [-0.4, -0.2) is 12.1 Å². The van der Waals surface area contributed by atoms with Gasteiger partial charge in [-0.15, -0.1) is 0 Å². The molecule has 0 bridgehead atoms. The minimum Gasteiger partial charge on any atom is -0.318 e. The monoisotopic (exact) mass is 427 g/mol. The number of rotatable bonds is 2. The van der Waals surface area contributed by atoms with E-state index in [2.05, 4.69) is 6.07 Å². The highest BCUT2D eigenvalue weighted by atomic mass is 35.5. The molecule has 1 amide bonds. The van der Waals surface area contributed by atoms with Crippen molar-refractivity contribution in [2.75, 3.05) is 5.32 Å². The highest BCUT2D eigenvalue weighted by Crippen LogP contribution is 2.36. The second-order valence-corrected chi connectivity index (χ2v) is 7.53. The molecule has 1 aliphatic rings. The van der Waals surface area contributed by atoms with Gasteiger partial charge in [0.25, 0.3) is 0 Å². The first-order chi connectivity index (χ1) is 14.3. The molecule has 30 heavy (non-hydrogen) atoms. The Morgan fingerprint density at radius 1 is 0.900 bits per heavy atom. The third-order valence-electron chi connectivity index (χ3n) is 5.04. The molecule has 0 atom stereocenters. The van der Waals surface area contributed by atoms with Gasteiger partial charge in [0.05, 0.1) is 0 Å². The van der Waals surface area contributed by atoms with E-state index in [-0.39, 0.29) is 5.69 Å². The van der Waals surface area contributed by atoms with Crippen LogP contribution < -0.4 is 5.32 Å². The number of carbonyl (C=O) groups is 1. The fourth-order valence-corrected chi connectivity index (χ4v) is 3.87. The number of benzene rings is 3. The highest BCUT2D eigenvalue weighted by Gasteiger charge is 2.38. The Morgan fingerprint density at radius 3 is 2.43 bits per heavy atom. The average molecular weight is 428 g/mol. The smallest absolute Gasteiger partial charge is 0.318 e. The van der Waals surface area contributed by atoms with Crippen LogP contribution in [0.3, 0.4) is 0 Å². The molecule has 1 N–H and O–H groups in total. The van der Waals surface area contributed by atoms with Gasteiger partial charge in [-0.1, -0.05) is 54.1 Å². The first-order valence-corrected chi connectivity index (χ1v) is 9.76. The van der Waals surface area contributed by atoms with Crippen LogP contribution in [0, 0.1) is 0 Å². The normalized spacial score (nSPS) is 14.6. The van der Waals surface area contributed by atoms with Crippen LogP contribution in [-0.2, 0) is 17.6 Å². The zero-order valence-electron chi connectivity index (χ0n) is 15.8. The van der Waals surface area contributed by atoms with Crippen LogP contribution >= 0.6 is 11.6 Å². The molecule has 152 valence electrons. The van der Waals surface area contributed by atoms with Crippen LogP contribution in [0.5, 0.6) is 0 Å². The van der Waals surface area contributed by atoms with Crippen LogP contribution in [0.15, 0.2) is 66.7 Å². The Morgan fingerprint density at radius 2 is 1.63 bits per heavy atom. The molecule has 0 fully saturated rings. The first kappa shape index (κ1) is 20.2. The number of nitrogens with one attached hydrogen (secondary N) is 1. The second-order valence-electron chi connectivity index (χ2n) is 7.09. The minimum atomic E-state index is -4.94. The van der Waals surface area contributed by atoms with Crippen LogP contribution in [0.1, 0.15) is 27.8 Å². The van der Waals surface area contributed by atoms with Gasteiger partial charge in [-0.05, 0) is 76.6 Å². The van der Waals surface area contributed by atoms with Crippen molar-refractivity contribution in [2.45, 2.75) is 19.0 Å². The third kappa shape index (κ3) is 4.26. The number of amides is 1. The Labute approximate surface area is 177 Å². The van der Waals surface area contributed by atoms with Gasteiger partial charge in [-0.25, -0.2) is 0 Å². The van der Waals surface area contributed by atoms with E-state index < -0.39 is 12.1 Å². The van der Waals surface area contributed by atoms with E-state index in [9.17, 15) is 18.0 Å². The van der Waals surface area contributed by atoms with Gasteiger partial charge in [-0.2, -0.15) is 13.2 Å². The van der Waals surface area contributed by atoms with E-state index in [0.717, 1.165) is 35.1 Å². The van der Waals surface area contributed by atoms with Crippen molar-refractivity contribution in [3.63, 3.8) is 0 Å². The summed E-state index contributed by atoms with van der Waals surface area (Å²) in [6, 6.07) is 20.2. The molecule has 0 unspecified atom stereocenters. The maximum Gasteiger partial charge on any atom is 0.471 e. The maximum absolute atomic E-state index is 12.6. The number of fused-ring (bicyclic) bond motifs is 2. The molecule has 3 aromatic carbocycles. The van der Waals surface area contributed by atoms with Crippen molar-refractivity contribution < 1.29 is 18.0 Å². The van der Waals surface area contributed by atoms with E-state index in [0.29, 0.717) is 10.6 Å². The zero-order valence-corrected chi connectivity index (χ0v) is 16.5. The molecule has 3 aromatic rings. The minimum absolute atomic E-state index is 0.0879. The predicted octanol–water partition coefficient (Wildman–Crippen LogP) is 6.53. The molecule has 6 heteroatoms. The number of hydrogen-bond donors (Lipinski definition) is 1. The standard InChI is InChI=1S/C24H17ClF3NO/c25-18-10-11-21-17(14-18)9-8-16-5-1-2-7-20(16)22(21)13-15-4-3-6-19(12-15)29-23(30)24(26,27)28/h1-7,10-14H,8-9H2,(H,29,30)/b22-13+. The number of aryl methyl sites for hydroxylation is 2. The van der Waals surface area contributed by atoms with E-state index in [1.807, 2.05) is 47.8 Å². The van der Waals surface area contributed by atoms with Crippen molar-refractivity contribution in [3.8, 4) is 0 Å². The molecule has 0 spiro atoms. The van der Waals surface area contributed by atoms with Gasteiger partial charge >= 0.3 is 12.1 Å². The molecular weight excluding hydrogens is 411 g/mol. The molecule has 0 radical (unpaired) electrons. The fourth-order valence-electron chi connectivity index (χ4n) is 3.68. The molecule has 2 nitrogen and oxygen atoms in total. The quantitative estimate of drug-likeness (QED) is 0.495. The van der Waals surface area contributed by atoms with Crippen LogP contribution in [0.4, 0.5) is 18.9 Å². The molecular formula is C24H17ClF3NO. The number of carbonyl (C=O) groups excluding carboxylic acids is 1. The number of hydrogen-bond acceptors (Lipinski definition) is 1. The van der Waals surface area contributed by atoms with E-state index in [1.54, 1.807) is 12.1 Å². The number of alkyl halides is 3. The van der Waals surface area contributed by atoms with Crippen molar-refractivity contribution in [1.29, 1.82) is 0 Å². The number of halogens is 4. The SMILES string of the molecule is O=C(Nc1cccc(/C=C2\c3ccccc3CCc3cc(Cl)ccc32)c1)C(F)(F)F. The number of anilines is 1. The zero-order chi connectivity index (χ0) is 21.3. The Hall–Kier alpha value is -3.05. The van der Waals surface area contributed by atoms with Crippen molar-refractivity contribution >= 4 is 34.8 Å². The van der Waals surface area contributed by atoms with Gasteiger partial charge < -0.3 is 5.32 Å². The largest absolute Gasteiger partial charge is 0.471 e. The lowest BCUT2D eigenvalue weighted by Crippen LogP contribution is -2.29.